The Morgan fingerprint density at radius 1 is 1.38 bits per heavy atom. The van der Waals surface area contributed by atoms with E-state index in [9.17, 15) is 9.90 Å². The number of halogens is 1. The molecule has 1 aliphatic rings. The lowest BCUT2D eigenvalue weighted by molar-refractivity contribution is -0.124. The molecule has 6 heteroatoms. The smallest absolute Gasteiger partial charge is 0.237 e. The Labute approximate surface area is 129 Å². The van der Waals surface area contributed by atoms with Crippen LogP contribution in [0.1, 0.15) is 24.5 Å². The first-order valence-electron chi connectivity index (χ1n) is 7.12. The maximum atomic E-state index is 12.0. The Morgan fingerprint density at radius 3 is 2.62 bits per heavy atom. The molecule has 5 nitrogen and oxygen atoms in total. The molecule has 0 aliphatic carbocycles. The first kappa shape index (κ1) is 16.2. The van der Waals surface area contributed by atoms with Gasteiger partial charge in [-0.25, -0.2) is 0 Å². The minimum absolute atomic E-state index is 0.136. The normalized spacial score (nSPS) is 19.0. The molecule has 2 unspecified atom stereocenters. The monoisotopic (exact) mass is 312 g/mol. The molecule has 1 heterocycles. The number of amides is 1. The van der Waals surface area contributed by atoms with Gasteiger partial charge >= 0.3 is 0 Å². The van der Waals surface area contributed by atoms with Crippen LogP contribution in [-0.2, 0) is 9.53 Å². The van der Waals surface area contributed by atoms with Crippen LogP contribution in [0.2, 0.25) is 5.02 Å². The lowest BCUT2D eigenvalue weighted by Crippen LogP contribution is -2.47. The highest BCUT2D eigenvalue weighted by molar-refractivity contribution is 6.30. The zero-order valence-electron chi connectivity index (χ0n) is 11.8. The van der Waals surface area contributed by atoms with Gasteiger partial charge in [-0.05, 0) is 36.5 Å². The molecule has 0 radical (unpaired) electrons. The quantitative estimate of drug-likeness (QED) is 0.764. The number of nitrogens with two attached hydrogens (primary N) is 1. The van der Waals surface area contributed by atoms with Crippen molar-refractivity contribution in [1.29, 1.82) is 0 Å². The molecular weight excluding hydrogens is 292 g/mol. The topological polar surface area (TPSA) is 84.6 Å². The molecule has 0 spiro atoms. The lowest BCUT2D eigenvalue weighted by atomic mass is 9.92. The van der Waals surface area contributed by atoms with Gasteiger partial charge in [-0.1, -0.05) is 23.7 Å². The van der Waals surface area contributed by atoms with Crippen molar-refractivity contribution >= 4 is 17.5 Å². The zero-order chi connectivity index (χ0) is 15.2. The van der Waals surface area contributed by atoms with Crippen LogP contribution < -0.4 is 11.1 Å². The third kappa shape index (κ3) is 4.68. The van der Waals surface area contributed by atoms with E-state index in [1.54, 1.807) is 24.3 Å². The number of aliphatic hydroxyl groups excluding tert-OH is 1. The number of carbonyl (C=O) groups excluding carboxylic acids is 1. The fourth-order valence-electron chi connectivity index (χ4n) is 2.41. The molecule has 0 aromatic heterocycles. The van der Waals surface area contributed by atoms with Gasteiger partial charge in [0.15, 0.2) is 0 Å². The number of rotatable bonds is 5. The Morgan fingerprint density at radius 2 is 2.00 bits per heavy atom. The van der Waals surface area contributed by atoms with Crippen molar-refractivity contribution in [1.82, 2.24) is 5.32 Å². The van der Waals surface area contributed by atoms with E-state index in [-0.39, 0.29) is 18.4 Å². The number of benzene rings is 1. The van der Waals surface area contributed by atoms with Crippen molar-refractivity contribution < 1.29 is 14.6 Å². The molecule has 21 heavy (non-hydrogen) atoms. The van der Waals surface area contributed by atoms with E-state index in [0.717, 1.165) is 12.8 Å². The maximum Gasteiger partial charge on any atom is 0.237 e. The minimum Gasteiger partial charge on any atom is -0.387 e. The van der Waals surface area contributed by atoms with Gasteiger partial charge in [0.1, 0.15) is 0 Å². The van der Waals surface area contributed by atoms with Crippen LogP contribution in [0.15, 0.2) is 24.3 Å². The van der Waals surface area contributed by atoms with Crippen LogP contribution in [0.5, 0.6) is 0 Å². The molecule has 1 amide bonds. The highest BCUT2D eigenvalue weighted by Crippen LogP contribution is 2.18. The zero-order valence-corrected chi connectivity index (χ0v) is 12.6. The van der Waals surface area contributed by atoms with Gasteiger partial charge in [0.05, 0.1) is 12.1 Å². The van der Waals surface area contributed by atoms with Gasteiger partial charge in [-0.3, -0.25) is 4.79 Å². The van der Waals surface area contributed by atoms with Gasteiger partial charge in [0.2, 0.25) is 5.91 Å². The molecule has 116 valence electrons. The maximum absolute atomic E-state index is 12.0. The molecule has 2 atom stereocenters. The summed E-state index contributed by atoms with van der Waals surface area (Å²) in [6.45, 7) is 1.44. The summed E-state index contributed by atoms with van der Waals surface area (Å²) in [5.74, 6) is -0.0821. The third-order valence-corrected chi connectivity index (χ3v) is 4.05. The Kier molecular flexibility index (Phi) is 5.99. The van der Waals surface area contributed by atoms with Crippen molar-refractivity contribution in [3.05, 3.63) is 34.9 Å². The van der Waals surface area contributed by atoms with Gasteiger partial charge in [0, 0.05) is 24.8 Å². The van der Waals surface area contributed by atoms with Crippen LogP contribution in [-0.4, -0.2) is 36.8 Å². The van der Waals surface area contributed by atoms with E-state index in [4.69, 9.17) is 22.1 Å². The molecule has 4 N–H and O–H groups in total. The molecule has 1 aliphatic heterocycles. The van der Waals surface area contributed by atoms with Gasteiger partial charge in [0.25, 0.3) is 0 Å². The SMILES string of the molecule is NC(C(=O)NCC(O)c1ccc(Cl)cc1)C1CCOCC1. The summed E-state index contributed by atoms with van der Waals surface area (Å²) < 4.78 is 5.26. The highest BCUT2D eigenvalue weighted by atomic mass is 35.5. The molecular formula is C15H21ClN2O3. The van der Waals surface area contributed by atoms with Crippen LogP contribution >= 0.6 is 11.6 Å². The predicted molar refractivity (Wildman–Crippen MR) is 80.9 cm³/mol. The second-order valence-electron chi connectivity index (χ2n) is 5.29. The molecule has 1 aromatic carbocycles. The molecule has 1 saturated heterocycles. The van der Waals surface area contributed by atoms with Crippen LogP contribution in [0.4, 0.5) is 0 Å². The number of ether oxygens (including phenoxy) is 1. The summed E-state index contributed by atoms with van der Waals surface area (Å²) in [5, 5.41) is 13.3. The van der Waals surface area contributed by atoms with E-state index in [0.29, 0.717) is 23.8 Å². The largest absolute Gasteiger partial charge is 0.387 e. The predicted octanol–water partition coefficient (Wildman–Crippen LogP) is 1.24. The average Bonchev–Trinajstić information content (AvgIpc) is 2.53. The summed E-state index contributed by atoms with van der Waals surface area (Å²) in [6.07, 6.45) is 0.830. The van der Waals surface area contributed by atoms with E-state index in [1.165, 1.54) is 0 Å². The summed E-state index contributed by atoms with van der Waals surface area (Å²) in [7, 11) is 0. The van der Waals surface area contributed by atoms with Crippen molar-refractivity contribution in [3.8, 4) is 0 Å². The van der Waals surface area contributed by atoms with Gasteiger partial charge in [-0.15, -0.1) is 0 Å². The summed E-state index contributed by atoms with van der Waals surface area (Å²) in [6, 6.07) is 6.33. The number of carbonyl (C=O) groups is 1. The Hall–Kier alpha value is -1.14. The fourth-order valence-corrected chi connectivity index (χ4v) is 2.53. The van der Waals surface area contributed by atoms with Crippen molar-refractivity contribution in [2.24, 2.45) is 11.7 Å². The van der Waals surface area contributed by atoms with Crippen LogP contribution in [0.3, 0.4) is 0 Å². The molecule has 2 rings (SSSR count). The van der Waals surface area contributed by atoms with Crippen LogP contribution in [0.25, 0.3) is 0 Å². The summed E-state index contributed by atoms with van der Waals surface area (Å²) >= 11 is 5.79. The molecule has 1 fully saturated rings. The van der Waals surface area contributed by atoms with E-state index in [2.05, 4.69) is 5.32 Å². The Balaban J connectivity index is 1.81. The lowest BCUT2D eigenvalue weighted by Gasteiger charge is -2.27. The highest BCUT2D eigenvalue weighted by Gasteiger charge is 2.26. The van der Waals surface area contributed by atoms with Crippen molar-refractivity contribution in [2.45, 2.75) is 25.0 Å². The first-order chi connectivity index (χ1) is 10.1. The van der Waals surface area contributed by atoms with Crippen LogP contribution in [0, 0.1) is 5.92 Å². The first-order valence-corrected chi connectivity index (χ1v) is 7.50. The molecule has 0 bridgehead atoms. The summed E-state index contributed by atoms with van der Waals surface area (Å²) in [4.78, 5) is 12.0. The van der Waals surface area contributed by atoms with Crippen molar-refractivity contribution in [2.75, 3.05) is 19.8 Å². The average molecular weight is 313 g/mol. The second-order valence-corrected chi connectivity index (χ2v) is 5.72. The minimum atomic E-state index is -0.770. The van der Waals surface area contributed by atoms with E-state index >= 15 is 0 Å². The third-order valence-electron chi connectivity index (χ3n) is 3.80. The summed E-state index contributed by atoms with van der Waals surface area (Å²) in [5.41, 5.74) is 6.68. The number of hydrogen-bond donors (Lipinski definition) is 3. The van der Waals surface area contributed by atoms with E-state index in [1.807, 2.05) is 0 Å². The number of hydrogen-bond acceptors (Lipinski definition) is 4. The molecule has 1 aromatic rings. The standard InChI is InChI=1S/C15H21ClN2O3/c16-12-3-1-10(2-4-12)13(19)9-18-15(20)14(17)11-5-7-21-8-6-11/h1-4,11,13-14,19H,5-9,17H2,(H,18,20). The second kappa shape index (κ2) is 7.75. The number of aliphatic hydroxyl groups is 1. The Bertz CT molecular complexity index is 460. The fraction of sp³-hybridized carbons (Fsp3) is 0.533. The van der Waals surface area contributed by atoms with Crippen molar-refractivity contribution in [3.63, 3.8) is 0 Å². The number of nitrogens with one attached hydrogen (secondary N) is 1. The van der Waals surface area contributed by atoms with Gasteiger partial charge in [-0.2, -0.15) is 0 Å². The van der Waals surface area contributed by atoms with E-state index < -0.39 is 12.1 Å². The molecule has 0 saturated carbocycles. The van der Waals surface area contributed by atoms with Gasteiger partial charge < -0.3 is 20.9 Å².